The normalized spacial score (nSPS) is 12.3. The predicted molar refractivity (Wildman–Crippen MR) is 111 cm³/mol. The molecule has 148 valence electrons. The van der Waals surface area contributed by atoms with Crippen molar-refractivity contribution in [1.29, 1.82) is 0 Å². The lowest BCUT2D eigenvalue weighted by atomic mass is 10.1. The molecular weight excluding hydrogens is 410 g/mol. The van der Waals surface area contributed by atoms with Gasteiger partial charge >= 0.3 is 0 Å². The van der Waals surface area contributed by atoms with Crippen LogP contribution in [0.1, 0.15) is 21.6 Å². The first-order valence-corrected chi connectivity index (χ1v) is 10.5. The van der Waals surface area contributed by atoms with Gasteiger partial charge in [0.2, 0.25) is 0 Å². The summed E-state index contributed by atoms with van der Waals surface area (Å²) in [5.74, 6) is -0.718. The van der Waals surface area contributed by atoms with Gasteiger partial charge in [-0.25, -0.2) is 9.97 Å². The highest BCUT2D eigenvalue weighted by Gasteiger charge is 2.20. The van der Waals surface area contributed by atoms with Crippen molar-refractivity contribution < 1.29 is 13.6 Å². The SMILES string of the molecule is Cc1nc(-c2cccnc2)sc1-c1cc(C)c2c(n1)c(C(=O)NS(=O)[O-])cn2C. The highest BCUT2D eigenvalue weighted by atomic mass is 32.2. The summed E-state index contributed by atoms with van der Waals surface area (Å²) in [7, 11) is 1.79. The summed E-state index contributed by atoms with van der Waals surface area (Å²) < 4.78 is 25.4. The van der Waals surface area contributed by atoms with Crippen molar-refractivity contribution in [2.24, 2.45) is 7.05 Å². The maximum atomic E-state index is 12.3. The van der Waals surface area contributed by atoms with E-state index in [2.05, 4.69) is 9.97 Å². The molecule has 4 aromatic heterocycles. The molecule has 0 bridgehead atoms. The second-order valence-electron chi connectivity index (χ2n) is 6.52. The smallest absolute Gasteiger partial charge is 0.265 e. The van der Waals surface area contributed by atoms with Crippen LogP contribution in [0, 0.1) is 13.8 Å². The predicted octanol–water partition coefficient (Wildman–Crippen LogP) is 2.90. The molecule has 0 saturated carbocycles. The largest absolute Gasteiger partial charge is 0.755 e. The van der Waals surface area contributed by atoms with Crippen LogP contribution in [0.4, 0.5) is 0 Å². The number of thiazole rings is 1. The van der Waals surface area contributed by atoms with Crippen molar-refractivity contribution in [3.05, 3.63) is 53.6 Å². The third-order valence-corrected chi connectivity index (χ3v) is 6.05. The van der Waals surface area contributed by atoms with Gasteiger partial charge in [0.15, 0.2) is 0 Å². The summed E-state index contributed by atoms with van der Waals surface area (Å²) in [4.78, 5) is 26.7. The van der Waals surface area contributed by atoms with Crippen molar-refractivity contribution in [3.8, 4) is 21.1 Å². The fraction of sp³-hybridized carbons (Fsp3) is 0.158. The van der Waals surface area contributed by atoms with E-state index in [9.17, 15) is 13.6 Å². The first-order valence-electron chi connectivity index (χ1n) is 8.60. The second-order valence-corrected chi connectivity index (χ2v) is 8.19. The van der Waals surface area contributed by atoms with E-state index in [-0.39, 0.29) is 5.56 Å². The van der Waals surface area contributed by atoms with Gasteiger partial charge in [-0.2, -0.15) is 0 Å². The molecule has 4 heterocycles. The minimum atomic E-state index is -2.70. The molecule has 0 aromatic carbocycles. The quantitative estimate of drug-likeness (QED) is 0.502. The lowest BCUT2D eigenvalue weighted by Crippen LogP contribution is -2.25. The molecule has 8 nitrogen and oxygen atoms in total. The van der Waals surface area contributed by atoms with E-state index >= 15 is 0 Å². The Labute approximate surface area is 173 Å². The van der Waals surface area contributed by atoms with E-state index in [1.54, 1.807) is 30.2 Å². The van der Waals surface area contributed by atoms with Crippen LogP contribution in [0.2, 0.25) is 0 Å². The molecule has 1 unspecified atom stereocenters. The van der Waals surface area contributed by atoms with E-state index in [0.717, 1.165) is 32.2 Å². The number of fused-ring (bicyclic) bond motifs is 1. The van der Waals surface area contributed by atoms with Crippen molar-refractivity contribution in [2.45, 2.75) is 13.8 Å². The number of carbonyl (C=O) groups excluding carboxylic acids is 1. The van der Waals surface area contributed by atoms with Crippen LogP contribution in [0.15, 0.2) is 36.8 Å². The van der Waals surface area contributed by atoms with Gasteiger partial charge in [-0.3, -0.25) is 18.7 Å². The number of aryl methyl sites for hydroxylation is 3. The molecule has 1 atom stereocenters. The van der Waals surface area contributed by atoms with E-state index in [4.69, 9.17) is 4.98 Å². The lowest BCUT2D eigenvalue weighted by Gasteiger charge is -2.07. The monoisotopic (exact) mass is 426 g/mol. The van der Waals surface area contributed by atoms with Crippen LogP contribution < -0.4 is 4.72 Å². The van der Waals surface area contributed by atoms with Gasteiger partial charge in [0, 0.05) is 42.5 Å². The number of aromatic nitrogens is 4. The molecule has 0 aliphatic heterocycles. The molecule has 29 heavy (non-hydrogen) atoms. The Bertz CT molecular complexity index is 1260. The van der Waals surface area contributed by atoms with Gasteiger partial charge in [0.25, 0.3) is 5.91 Å². The fourth-order valence-corrected chi connectivity index (χ4v) is 4.56. The Balaban J connectivity index is 1.87. The summed E-state index contributed by atoms with van der Waals surface area (Å²) in [5, 5.41) is 0.831. The Hall–Kier alpha value is -2.95. The molecule has 0 radical (unpaired) electrons. The average Bonchev–Trinajstić information content (AvgIpc) is 3.22. The van der Waals surface area contributed by atoms with Gasteiger partial charge in [0.05, 0.1) is 27.3 Å². The van der Waals surface area contributed by atoms with Gasteiger partial charge in [-0.05, 0) is 37.6 Å². The van der Waals surface area contributed by atoms with E-state index in [0.29, 0.717) is 11.2 Å². The maximum Gasteiger partial charge on any atom is 0.265 e. The number of carbonyl (C=O) groups is 1. The van der Waals surface area contributed by atoms with Crippen LogP contribution in [0.25, 0.3) is 32.2 Å². The van der Waals surface area contributed by atoms with Crippen LogP contribution in [-0.4, -0.2) is 34.2 Å². The van der Waals surface area contributed by atoms with Gasteiger partial charge in [-0.1, -0.05) is 0 Å². The van der Waals surface area contributed by atoms with E-state index < -0.39 is 17.2 Å². The zero-order chi connectivity index (χ0) is 20.7. The third kappa shape index (κ3) is 3.57. The molecule has 4 aromatic rings. The van der Waals surface area contributed by atoms with Crippen molar-refractivity contribution in [3.63, 3.8) is 0 Å². The highest BCUT2D eigenvalue weighted by molar-refractivity contribution is 7.77. The summed E-state index contributed by atoms with van der Waals surface area (Å²) in [6.07, 6.45) is 5.05. The molecule has 1 N–H and O–H groups in total. The highest BCUT2D eigenvalue weighted by Crippen LogP contribution is 2.36. The van der Waals surface area contributed by atoms with Gasteiger partial charge in [-0.15, -0.1) is 11.3 Å². The minimum absolute atomic E-state index is 0.200. The molecule has 0 saturated heterocycles. The number of hydrogen-bond donors (Lipinski definition) is 1. The number of rotatable bonds is 4. The molecular formula is C19H16N5O3S2-. The standard InChI is InChI=1S/C19H17N5O3S2/c1-10-7-14(17-11(2)21-19(28-17)12-5-4-6-20-8-12)22-15-13(9-24(3)16(10)15)18(25)23-29(26)27/h4-9H,1-3H3,(H,23,25)(H,26,27)/p-1. The average molecular weight is 427 g/mol. The minimum Gasteiger partial charge on any atom is -0.755 e. The molecule has 4 rings (SSSR count). The van der Waals surface area contributed by atoms with Crippen LogP contribution in [0.5, 0.6) is 0 Å². The molecule has 0 aliphatic carbocycles. The number of hydrogen-bond acceptors (Lipinski definition) is 7. The zero-order valence-electron chi connectivity index (χ0n) is 15.8. The summed E-state index contributed by atoms with van der Waals surface area (Å²) in [6, 6.07) is 5.75. The van der Waals surface area contributed by atoms with Crippen LogP contribution >= 0.6 is 11.3 Å². The molecule has 0 spiro atoms. The molecule has 1 amide bonds. The Morgan fingerprint density at radius 2 is 2.10 bits per heavy atom. The van der Waals surface area contributed by atoms with Crippen molar-refractivity contribution in [2.75, 3.05) is 0 Å². The maximum absolute atomic E-state index is 12.3. The molecule has 0 fully saturated rings. The first-order chi connectivity index (χ1) is 13.8. The zero-order valence-corrected chi connectivity index (χ0v) is 17.4. The number of pyridine rings is 2. The van der Waals surface area contributed by atoms with Crippen molar-refractivity contribution >= 4 is 39.5 Å². The summed E-state index contributed by atoms with van der Waals surface area (Å²) in [6.45, 7) is 3.84. The number of nitrogens with zero attached hydrogens (tertiary/aromatic N) is 4. The lowest BCUT2D eigenvalue weighted by molar-refractivity contribution is 0.0982. The Morgan fingerprint density at radius 3 is 2.79 bits per heavy atom. The van der Waals surface area contributed by atoms with E-state index in [1.807, 2.05) is 36.8 Å². The fourth-order valence-electron chi connectivity index (χ4n) is 3.28. The summed E-state index contributed by atoms with van der Waals surface area (Å²) >= 11 is -1.20. The number of nitrogens with one attached hydrogen (secondary N) is 1. The van der Waals surface area contributed by atoms with Crippen molar-refractivity contribution in [1.82, 2.24) is 24.2 Å². The van der Waals surface area contributed by atoms with Gasteiger partial charge < -0.3 is 9.12 Å². The Morgan fingerprint density at radius 1 is 1.31 bits per heavy atom. The third-order valence-electron chi connectivity index (χ3n) is 4.47. The summed E-state index contributed by atoms with van der Waals surface area (Å²) in [5.41, 5.74) is 4.76. The molecule has 0 aliphatic rings. The Kier molecular flexibility index (Phi) is 4.99. The van der Waals surface area contributed by atoms with Crippen LogP contribution in [0.3, 0.4) is 0 Å². The van der Waals surface area contributed by atoms with E-state index in [1.165, 1.54) is 11.3 Å². The molecule has 10 heteroatoms. The van der Waals surface area contributed by atoms with Gasteiger partial charge in [0.1, 0.15) is 10.5 Å². The number of amides is 1. The second kappa shape index (κ2) is 7.47. The topological polar surface area (TPSA) is 113 Å². The van der Waals surface area contributed by atoms with Crippen LogP contribution in [-0.2, 0) is 18.3 Å². The first kappa shape index (κ1) is 19.4.